The van der Waals surface area contributed by atoms with Crippen molar-refractivity contribution in [3.8, 4) is 0 Å². The van der Waals surface area contributed by atoms with Gasteiger partial charge in [-0.1, -0.05) is 17.7 Å². The van der Waals surface area contributed by atoms with Crippen LogP contribution in [0.2, 0.25) is 5.02 Å². The summed E-state index contributed by atoms with van der Waals surface area (Å²) >= 11 is 6.12. The first kappa shape index (κ1) is 17.7. The Morgan fingerprint density at radius 1 is 1.41 bits per heavy atom. The number of nitrogens with one attached hydrogen (secondary N) is 1. The van der Waals surface area contributed by atoms with Crippen LogP contribution in [0.1, 0.15) is 24.8 Å². The molecule has 3 N–H and O–H groups in total. The summed E-state index contributed by atoms with van der Waals surface area (Å²) in [5, 5.41) is 4.03. The second kappa shape index (κ2) is 7.73. The maximum Gasteiger partial charge on any atom is 0.188 e. The van der Waals surface area contributed by atoms with Gasteiger partial charge in [-0.3, -0.25) is 4.99 Å². The molecular weight excluding hydrogens is 411 g/mol. The maximum atomic E-state index is 6.12. The molecule has 1 saturated heterocycles. The minimum absolute atomic E-state index is 0. The van der Waals surface area contributed by atoms with Gasteiger partial charge in [-0.15, -0.1) is 24.0 Å². The average Bonchev–Trinajstić information content (AvgIpc) is 3.14. The van der Waals surface area contributed by atoms with E-state index < -0.39 is 0 Å². The zero-order valence-corrected chi connectivity index (χ0v) is 16.0. The first-order chi connectivity index (χ1) is 10.1. The second-order valence-electron chi connectivity index (χ2n) is 6.18. The topological polar surface area (TPSA) is 53.6 Å². The molecule has 1 unspecified atom stereocenters. The number of halogens is 2. The summed E-state index contributed by atoms with van der Waals surface area (Å²) in [5.74, 6) is 1.18. The van der Waals surface area contributed by atoms with Gasteiger partial charge in [0.2, 0.25) is 0 Å². The maximum absolute atomic E-state index is 6.12. The monoisotopic (exact) mass is 434 g/mol. The van der Waals surface area contributed by atoms with Crippen LogP contribution in [0.15, 0.2) is 23.2 Å². The molecule has 1 aliphatic heterocycles. The Labute approximate surface area is 154 Å². The molecule has 4 nitrogen and oxygen atoms in total. The molecule has 0 radical (unpaired) electrons. The summed E-state index contributed by atoms with van der Waals surface area (Å²) < 4.78 is 0. The molecule has 1 heterocycles. The molecule has 1 aromatic carbocycles. The van der Waals surface area contributed by atoms with E-state index in [4.69, 9.17) is 17.3 Å². The lowest BCUT2D eigenvalue weighted by molar-refractivity contribution is 0.601. The Balaban J connectivity index is 0.00000176. The van der Waals surface area contributed by atoms with Crippen LogP contribution in [0, 0.1) is 12.8 Å². The van der Waals surface area contributed by atoms with E-state index in [9.17, 15) is 0 Å². The van der Waals surface area contributed by atoms with Crippen molar-refractivity contribution in [1.82, 2.24) is 5.32 Å². The molecule has 0 amide bonds. The Bertz CT molecular complexity index is 545. The SMILES string of the molecule is Cc1ccc(Cl)cc1N1CCC(CN=C(N)NC2CC2)C1.I. The number of nitrogens with zero attached hydrogens (tertiary/aromatic N) is 2. The first-order valence-electron chi connectivity index (χ1n) is 7.69. The molecule has 1 aromatic rings. The van der Waals surface area contributed by atoms with E-state index in [0.717, 1.165) is 31.1 Å². The Hall–Kier alpha value is -0.690. The van der Waals surface area contributed by atoms with Crippen LogP contribution in [0.25, 0.3) is 0 Å². The molecule has 0 bridgehead atoms. The van der Waals surface area contributed by atoms with E-state index in [1.807, 2.05) is 6.07 Å². The van der Waals surface area contributed by atoms with Gasteiger partial charge in [0.05, 0.1) is 0 Å². The minimum atomic E-state index is 0. The van der Waals surface area contributed by atoms with Crippen LogP contribution >= 0.6 is 35.6 Å². The molecule has 6 heteroatoms. The summed E-state index contributed by atoms with van der Waals surface area (Å²) in [7, 11) is 0. The number of rotatable bonds is 4. The van der Waals surface area contributed by atoms with Gasteiger partial charge in [0.15, 0.2) is 5.96 Å². The largest absolute Gasteiger partial charge is 0.371 e. The Morgan fingerprint density at radius 2 is 2.18 bits per heavy atom. The number of aryl methyl sites for hydroxylation is 1. The van der Waals surface area contributed by atoms with Gasteiger partial charge in [-0.2, -0.15) is 0 Å². The minimum Gasteiger partial charge on any atom is -0.371 e. The van der Waals surface area contributed by atoms with Crippen molar-refractivity contribution >= 4 is 47.2 Å². The van der Waals surface area contributed by atoms with E-state index in [1.54, 1.807) is 0 Å². The molecule has 0 aromatic heterocycles. The average molecular weight is 435 g/mol. The Morgan fingerprint density at radius 3 is 2.91 bits per heavy atom. The van der Waals surface area contributed by atoms with Gasteiger partial charge >= 0.3 is 0 Å². The predicted molar refractivity (Wildman–Crippen MR) is 105 cm³/mol. The fourth-order valence-corrected chi connectivity index (χ4v) is 3.00. The highest BCUT2D eigenvalue weighted by molar-refractivity contribution is 14.0. The van der Waals surface area contributed by atoms with Gasteiger partial charge in [-0.05, 0) is 49.8 Å². The summed E-state index contributed by atoms with van der Waals surface area (Å²) in [6.07, 6.45) is 3.61. The number of aliphatic imine (C=N–C) groups is 1. The van der Waals surface area contributed by atoms with Gasteiger partial charge in [-0.25, -0.2) is 0 Å². The highest BCUT2D eigenvalue weighted by Gasteiger charge is 2.24. The van der Waals surface area contributed by atoms with E-state index >= 15 is 0 Å². The van der Waals surface area contributed by atoms with Crippen molar-refractivity contribution in [2.24, 2.45) is 16.6 Å². The van der Waals surface area contributed by atoms with E-state index in [-0.39, 0.29) is 24.0 Å². The highest BCUT2D eigenvalue weighted by atomic mass is 127. The molecule has 0 spiro atoms. The van der Waals surface area contributed by atoms with Crippen molar-refractivity contribution in [2.75, 3.05) is 24.5 Å². The second-order valence-corrected chi connectivity index (χ2v) is 6.61. The zero-order valence-electron chi connectivity index (χ0n) is 12.9. The summed E-state index contributed by atoms with van der Waals surface area (Å²) in [5.41, 5.74) is 8.41. The van der Waals surface area contributed by atoms with Crippen molar-refractivity contribution in [1.29, 1.82) is 0 Å². The van der Waals surface area contributed by atoms with Crippen molar-refractivity contribution in [2.45, 2.75) is 32.2 Å². The van der Waals surface area contributed by atoms with Crippen LogP contribution in [0.4, 0.5) is 5.69 Å². The Kier molecular flexibility index (Phi) is 6.20. The molecule has 3 rings (SSSR count). The fourth-order valence-electron chi connectivity index (χ4n) is 2.83. The third-order valence-electron chi connectivity index (χ3n) is 4.25. The van der Waals surface area contributed by atoms with Crippen LogP contribution in [0.5, 0.6) is 0 Å². The molecule has 1 saturated carbocycles. The molecule has 2 aliphatic rings. The van der Waals surface area contributed by atoms with Crippen LogP contribution in [-0.4, -0.2) is 31.6 Å². The van der Waals surface area contributed by atoms with Crippen LogP contribution < -0.4 is 16.0 Å². The van der Waals surface area contributed by atoms with Gasteiger partial charge in [0.25, 0.3) is 0 Å². The van der Waals surface area contributed by atoms with E-state index in [1.165, 1.54) is 24.1 Å². The number of hydrogen-bond donors (Lipinski definition) is 2. The number of nitrogens with two attached hydrogens (primary N) is 1. The lowest BCUT2D eigenvalue weighted by atomic mass is 10.1. The number of anilines is 1. The number of benzene rings is 1. The molecule has 1 atom stereocenters. The summed E-state index contributed by atoms with van der Waals surface area (Å²) in [6, 6.07) is 6.66. The number of guanidine groups is 1. The van der Waals surface area contributed by atoms with Gasteiger partial charge in [0.1, 0.15) is 0 Å². The van der Waals surface area contributed by atoms with Crippen LogP contribution in [0.3, 0.4) is 0 Å². The van der Waals surface area contributed by atoms with E-state index in [0.29, 0.717) is 17.9 Å². The lowest BCUT2D eigenvalue weighted by Crippen LogP contribution is -2.34. The van der Waals surface area contributed by atoms with Crippen molar-refractivity contribution < 1.29 is 0 Å². The first-order valence-corrected chi connectivity index (χ1v) is 8.07. The predicted octanol–water partition coefficient (Wildman–Crippen LogP) is 3.16. The molecule has 1 aliphatic carbocycles. The van der Waals surface area contributed by atoms with Gasteiger partial charge in [0, 0.05) is 36.4 Å². The quantitative estimate of drug-likeness (QED) is 0.435. The molecule has 122 valence electrons. The summed E-state index contributed by atoms with van der Waals surface area (Å²) in [6.45, 7) is 5.04. The van der Waals surface area contributed by atoms with Crippen molar-refractivity contribution in [3.63, 3.8) is 0 Å². The molecular formula is C16H24ClIN4. The number of hydrogen-bond acceptors (Lipinski definition) is 2. The van der Waals surface area contributed by atoms with Gasteiger partial charge < -0.3 is 16.0 Å². The fraction of sp³-hybridized carbons (Fsp3) is 0.562. The molecule has 2 fully saturated rings. The zero-order chi connectivity index (χ0) is 14.8. The van der Waals surface area contributed by atoms with Crippen molar-refractivity contribution in [3.05, 3.63) is 28.8 Å². The lowest BCUT2D eigenvalue weighted by Gasteiger charge is -2.21. The smallest absolute Gasteiger partial charge is 0.188 e. The summed E-state index contributed by atoms with van der Waals surface area (Å²) in [4.78, 5) is 6.89. The van der Waals surface area contributed by atoms with Crippen LogP contribution in [-0.2, 0) is 0 Å². The normalized spacial score (nSPS) is 21.6. The molecule has 22 heavy (non-hydrogen) atoms. The standard InChI is InChI=1S/C16H23ClN4.HI/c1-11-2-3-13(17)8-15(11)21-7-6-12(10-21)9-19-16(18)20-14-4-5-14;/h2-3,8,12,14H,4-7,9-10H2,1H3,(H3,18,19,20);1H. The highest BCUT2D eigenvalue weighted by Crippen LogP contribution is 2.29. The third kappa shape index (κ3) is 4.65. The third-order valence-corrected chi connectivity index (χ3v) is 4.48. The van der Waals surface area contributed by atoms with E-state index in [2.05, 4.69) is 34.3 Å².